The highest BCUT2D eigenvalue weighted by molar-refractivity contribution is 6.01. The number of hydrogen-bond donors (Lipinski definition) is 3. The average Bonchev–Trinajstić information content (AvgIpc) is 3.24. The lowest BCUT2D eigenvalue weighted by Crippen LogP contribution is -2.63. The number of aliphatic hydroxyl groups excluding tert-OH is 2. The summed E-state index contributed by atoms with van der Waals surface area (Å²) in [6, 6.07) is 0. The van der Waals surface area contributed by atoms with Crippen LogP contribution in [0, 0.1) is 0 Å². The van der Waals surface area contributed by atoms with Gasteiger partial charge in [0, 0.05) is 19.3 Å². The molecule has 0 aliphatic heterocycles. The van der Waals surface area contributed by atoms with E-state index in [9.17, 15) is 29.7 Å². The van der Waals surface area contributed by atoms with Gasteiger partial charge in [0.15, 0.2) is 35.2 Å². The molecule has 0 radical (unpaired) electrons. The minimum Gasteiger partial charge on any atom is -0.382 e. The van der Waals surface area contributed by atoms with Gasteiger partial charge in [-0.15, -0.1) is 0 Å². The van der Waals surface area contributed by atoms with Crippen LogP contribution in [0.4, 0.5) is 0 Å². The van der Waals surface area contributed by atoms with Crippen LogP contribution in [-0.4, -0.2) is 50.5 Å². The van der Waals surface area contributed by atoms with Gasteiger partial charge in [0.1, 0.15) is 0 Å². The molecule has 0 aromatic rings. The maximum absolute atomic E-state index is 13.6. The van der Waals surface area contributed by atoms with Gasteiger partial charge in [0.25, 0.3) is 0 Å². The van der Waals surface area contributed by atoms with Crippen LogP contribution >= 0.6 is 0 Å². The van der Waals surface area contributed by atoms with Gasteiger partial charge in [0.2, 0.25) is 0 Å². The Morgan fingerprint density at radius 2 is 0.576 bits per heavy atom. The lowest BCUT2D eigenvalue weighted by molar-refractivity contribution is -0.181. The molecule has 0 bridgehead atoms. The van der Waals surface area contributed by atoms with Gasteiger partial charge < -0.3 is 15.3 Å². The van der Waals surface area contributed by atoms with Gasteiger partial charge in [-0.3, -0.25) is 14.4 Å². The molecule has 0 aromatic carbocycles. The Labute approximate surface area is 365 Å². The molecule has 6 nitrogen and oxygen atoms in total. The van der Waals surface area contributed by atoms with Crippen molar-refractivity contribution in [1.29, 1.82) is 0 Å². The predicted octanol–water partition coefficient (Wildman–Crippen LogP) is 14.7. The summed E-state index contributed by atoms with van der Waals surface area (Å²) in [5.41, 5.74) is -2.82. The molecule has 0 rings (SSSR count). The molecule has 0 heterocycles. The number of ketones is 3. The van der Waals surface area contributed by atoms with Crippen molar-refractivity contribution in [3.05, 3.63) is 36.5 Å². The normalized spacial score (nSPS) is 14.1. The van der Waals surface area contributed by atoms with Crippen molar-refractivity contribution >= 4 is 17.3 Å². The second-order valence-electron chi connectivity index (χ2n) is 17.6. The summed E-state index contributed by atoms with van der Waals surface area (Å²) in [6.45, 7) is 6.70. The molecule has 0 saturated heterocycles. The number of unbranched alkanes of at least 4 members (excludes halogenated alkanes) is 29. The molecule has 344 valence electrons. The van der Waals surface area contributed by atoms with E-state index in [-0.39, 0.29) is 19.3 Å². The second-order valence-corrected chi connectivity index (χ2v) is 17.6. The number of rotatable bonds is 46. The SMILES string of the molecule is CCCCCCC=CCCCCCCCC(=O)C(O)C(O)(C(=O)CCCCCCCC=CCCCCCCCC)C(O)C(=O)CCCCCCCC=CCCCCCC. The lowest BCUT2D eigenvalue weighted by Gasteiger charge is -2.34. The molecule has 0 amide bonds. The molecule has 59 heavy (non-hydrogen) atoms. The molecule has 2 atom stereocenters. The second kappa shape index (κ2) is 42.8. The Morgan fingerprint density at radius 3 is 0.864 bits per heavy atom. The monoisotopic (exact) mass is 829 g/mol. The fourth-order valence-corrected chi connectivity index (χ4v) is 7.81. The molecule has 0 aromatic heterocycles. The Morgan fingerprint density at radius 1 is 0.356 bits per heavy atom. The van der Waals surface area contributed by atoms with Crippen molar-refractivity contribution in [1.82, 2.24) is 0 Å². The first-order chi connectivity index (χ1) is 28.8. The molecule has 3 N–H and O–H groups in total. The van der Waals surface area contributed by atoms with Crippen molar-refractivity contribution in [3.63, 3.8) is 0 Å². The van der Waals surface area contributed by atoms with Crippen molar-refractivity contribution in [2.45, 2.75) is 283 Å². The predicted molar refractivity (Wildman–Crippen MR) is 252 cm³/mol. The zero-order valence-corrected chi connectivity index (χ0v) is 39.1. The summed E-state index contributed by atoms with van der Waals surface area (Å²) in [4.78, 5) is 40.0. The number of Topliss-reactive ketones (excluding diaryl/α,β-unsaturated/α-hetero) is 3. The van der Waals surface area contributed by atoms with E-state index >= 15 is 0 Å². The largest absolute Gasteiger partial charge is 0.382 e. The van der Waals surface area contributed by atoms with E-state index in [2.05, 4.69) is 57.2 Å². The van der Waals surface area contributed by atoms with Crippen LogP contribution in [0.15, 0.2) is 36.5 Å². The molecule has 2 unspecified atom stereocenters. The standard InChI is InChI=1S/C53H96O6/c1-4-7-10-13-16-19-22-25-26-29-32-35-38-41-44-47-50(56)53(59,51(57)48(54)45-42-39-36-33-30-27-23-20-17-14-11-8-5-2)52(58)49(55)46-43-40-37-34-31-28-24-21-18-15-12-9-6-3/h20-21,23-26,51-52,57-59H,4-19,22,27-47H2,1-3H3. The smallest absolute Gasteiger partial charge is 0.189 e. The van der Waals surface area contributed by atoms with Crippen LogP contribution in [0.2, 0.25) is 0 Å². The van der Waals surface area contributed by atoms with Crippen LogP contribution in [0.1, 0.15) is 265 Å². The van der Waals surface area contributed by atoms with Crippen LogP contribution in [-0.2, 0) is 14.4 Å². The van der Waals surface area contributed by atoms with Crippen LogP contribution in [0.25, 0.3) is 0 Å². The molecule has 0 saturated carbocycles. The number of carbonyl (C=O) groups excluding carboxylic acids is 3. The summed E-state index contributed by atoms with van der Waals surface area (Å²) in [6.07, 6.45) is 47.2. The quantitative estimate of drug-likeness (QED) is 0.0416. The van der Waals surface area contributed by atoms with E-state index in [0.29, 0.717) is 19.3 Å². The summed E-state index contributed by atoms with van der Waals surface area (Å²) in [7, 11) is 0. The number of hydrogen-bond acceptors (Lipinski definition) is 6. The third-order valence-corrected chi connectivity index (χ3v) is 11.9. The minimum absolute atomic E-state index is 0.00319. The van der Waals surface area contributed by atoms with Crippen molar-refractivity contribution in [3.8, 4) is 0 Å². The first kappa shape index (κ1) is 57.1. The summed E-state index contributed by atoms with van der Waals surface area (Å²) in [5.74, 6) is -2.18. The molecule has 6 heteroatoms. The average molecular weight is 829 g/mol. The zero-order chi connectivity index (χ0) is 43.5. The topological polar surface area (TPSA) is 112 Å². The third-order valence-electron chi connectivity index (χ3n) is 11.9. The van der Waals surface area contributed by atoms with Gasteiger partial charge in [-0.2, -0.15) is 0 Å². The van der Waals surface area contributed by atoms with Crippen molar-refractivity contribution in [2.24, 2.45) is 0 Å². The fourth-order valence-electron chi connectivity index (χ4n) is 7.81. The molecule has 0 spiro atoms. The lowest BCUT2D eigenvalue weighted by atomic mass is 9.78. The van der Waals surface area contributed by atoms with Crippen LogP contribution in [0.3, 0.4) is 0 Å². The van der Waals surface area contributed by atoms with Gasteiger partial charge in [-0.05, 0) is 96.3 Å². The molecule has 0 aliphatic rings. The van der Waals surface area contributed by atoms with Crippen LogP contribution in [0.5, 0.6) is 0 Å². The van der Waals surface area contributed by atoms with Crippen LogP contribution < -0.4 is 0 Å². The van der Waals surface area contributed by atoms with E-state index in [4.69, 9.17) is 0 Å². The van der Waals surface area contributed by atoms with E-state index < -0.39 is 35.2 Å². The molecule has 0 fully saturated rings. The first-order valence-electron chi connectivity index (χ1n) is 25.4. The Bertz CT molecular complexity index is 1010. The van der Waals surface area contributed by atoms with E-state index in [1.165, 1.54) is 89.9 Å². The highest BCUT2D eigenvalue weighted by Crippen LogP contribution is 2.26. The highest BCUT2D eigenvalue weighted by atomic mass is 16.4. The maximum atomic E-state index is 13.6. The summed E-state index contributed by atoms with van der Waals surface area (Å²) >= 11 is 0. The fraction of sp³-hybridized carbons (Fsp3) is 0.830. The third kappa shape index (κ3) is 32.5. The molecular weight excluding hydrogens is 733 g/mol. The van der Waals surface area contributed by atoms with E-state index in [1.54, 1.807) is 0 Å². The van der Waals surface area contributed by atoms with Crippen molar-refractivity contribution < 1.29 is 29.7 Å². The molecule has 0 aliphatic carbocycles. The van der Waals surface area contributed by atoms with Gasteiger partial charge in [0.05, 0.1) is 0 Å². The minimum atomic E-state index is -2.82. The maximum Gasteiger partial charge on any atom is 0.189 e. The Kier molecular flexibility index (Phi) is 41.4. The Balaban J connectivity index is 4.87. The number of carbonyl (C=O) groups is 3. The highest BCUT2D eigenvalue weighted by Gasteiger charge is 2.53. The van der Waals surface area contributed by atoms with Gasteiger partial charge in [-0.1, -0.05) is 186 Å². The summed E-state index contributed by atoms with van der Waals surface area (Å²) < 4.78 is 0. The van der Waals surface area contributed by atoms with Gasteiger partial charge in [-0.25, -0.2) is 0 Å². The summed E-state index contributed by atoms with van der Waals surface area (Å²) in [5, 5.41) is 34.0. The molecular formula is C53H96O6. The zero-order valence-electron chi connectivity index (χ0n) is 39.1. The van der Waals surface area contributed by atoms with Crippen molar-refractivity contribution in [2.75, 3.05) is 0 Å². The van der Waals surface area contributed by atoms with E-state index in [1.807, 2.05) is 0 Å². The van der Waals surface area contributed by atoms with E-state index in [0.717, 1.165) is 116 Å². The number of allylic oxidation sites excluding steroid dienone is 6. The Hall–Kier alpha value is -1.89. The van der Waals surface area contributed by atoms with Gasteiger partial charge >= 0.3 is 0 Å². The first-order valence-corrected chi connectivity index (χ1v) is 25.4. The number of aliphatic hydroxyl groups is 3.